The third kappa shape index (κ3) is 2.42. The van der Waals surface area contributed by atoms with Crippen LogP contribution < -0.4 is 0 Å². The fourth-order valence-electron chi connectivity index (χ4n) is 1.81. The van der Waals surface area contributed by atoms with Crippen LogP contribution in [0.2, 0.25) is 10.3 Å². The maximum absolute atomic E-state index is 6.16. The number of aromatic nitrogens is 4. The molecule has 0 aromatic carbocycles. The first-order valence-electron chi connectivity index (χ1n) is 5.14. The summed E-state index contributed by atoms with van der Waals surface area (Å²) in [7, 11) is 1.53. The summed E-state index contributed by atoms with van der Waals surface area (Å²) in [5.41, 5.74) is 2.37. The molecule has 0 aliphatic heterocycles. The van der Waals surface area contributed by atoms with Crippen LogP contribution in [0.3, 0.4) is 0 Å². The highest BCUT2D eigenvalue weighted by atomic mass is 127. The Bertz CT molecular complexity index is 762. The van der Waals surface area contributed by atoms with Gasteiger partial charge in [-0.05, 0) is 23.7 Å². The molecule has 0 N–H and O–H groups in total. The van der Waals surface area contributed by atoms with Crippen LogP contribution in [0.25, 0.3) is 22.3 Å². The zero-order chi connectivity index (χ0) is 13.4. The maximum atomic E-state index is 6.16. The van der Waals surface area contributed by atoms with Gasteiger partial charge >= 0.3 is 0 Å². The molecular weight excluding hydrogens is 418 g/mol. The van der Waals surface area contributed by atoms with Gasteiger partial charge in [0.25, 0.3) is 0 Å². The number of hydrogen-bond donors (Lipinski definition) is 0. The monoisotopic (exact) mass is 422 g/mol. The lowest BCUT2D eigenvalue weighted by Gasteiger charge is -2.01. The topological polar surface area (TPSA) is 43.6 Å². The van der Waals surface area contributed by atoms with Crippen LogP contribution in [0, 0.1) is 0 Å². The van der Waals surface area contributed by atoms with E-state index in [1.165, 1.54) is 15.3 Å². The fraction of sp³-hybridized carbons (Fsp3) is 0. The SMILES string of the molecule is Clc1ncc(Cl)c(-c2cn(SI)c3ncccc23)n1. The van der Waals surface area contributed by atoms with Crippen molar-refractivity contribution in [3.63, 3.8) is 0 Å². The number of hydrogen-bond acceptors (Lipinski definition) is 4. The van der Waals surface area contributed by atoms with Crippen molar-refractivity contribution in [2.75, 3.05) is 0 Å². The molecule has 0 fully saturated rings. The molecule has 3 rings (SSSR count). The number of pyridine rings is 1. The Hall–Kier alpha value is -0.570. The first-order chi connectivity index (χ1) is 9.20. The predicted molar refractivity (Wildman–Crippen MR) is 87.8 cm³/mol. The molecule has 0 bridgehead atoms. The first kappa shape index (κ1) is 13.4. The van der Waals surface area contributed by atoms with Crippen molar-refractivity contribution in [1.82, 2.24) is 18.9 Å². The van der Waals surface area contributed by atoms with Gasteiger partial charge in [0.2, 0.25) is 5.28 Å². The Morgan fingerprint density at radius 2 is 2.11 bits per heavy atom. The molecule has 4 nitrogen and oxygen atoms in total. The average Bonchev–Trinajstić information content (AvgIpc) is 2.80. The van der Waals surface area contributed by atoms with Gasteiger partial charge in [0, 0.05) is 53.7 Å². The molecule has 0 aliphatic carbocycles. The van der Waals surface area contributed by atoms with Crippen LogP contribution in [0.4, 0.5) is 0 Å². The van der Waals surface area contributed by atoms with Crippen molar-refractivity contribution in [1.29, 1.82) is 0 Å². The third-order valence-electron chi connectivity index (χ3n) is 2.58. The molecule has 19 heavy (non-hydrogen) atoms. The molecule has 96 valence electrons. The minimum absolute atomic E-state index is 0.173. The molecule has 8 heteroatoms. The van der Waals surface area contributed by atoms with Gasteiger partial charge in [-0.2, -0.15) is 0 Å². The molecule has 0 atom stereocenters. The zero-order valence-electron chi connectivity index (χ0n) is 9.22. The number of halogens is 3. The van der Waals surface area contributed by atoms with Gasteiger partial charge in [0.15, 0.2) is 5.65 Å². The summed E-state index contributed by atoms with van der Waals surface area (Å²) >= 11 is 14.2. The normalized spacial score (nSPS) is 11.1. The molecule has 0 unspecified atom stereocenters. The largest absolute Gasteiger partial charge is 0.265 e. The Kier molecular flexibility index (Phi) is 3.84. The van der Waals surface area contributed by atoms with Gasteiger partial charge in [-0.25, -0.2) is 15.0 Å². The van der Waals surface area contributed by atoms with Gasteiger partial charge in [-0.3, -0.25) is 3.97 Å². The van der Waals surface area contributed by atoms with E-state index in [9.17, 15) is 0 Å². The predicted octanol–water partition coefficient (Wildman–Crippen LogP) is 4.65. The molecule has 0 spiro atoms. The van der Waals surface area contributed by atoms with Crippen LogP contribution in [-0.2, 0) is 0 Å². The second-order valence-electron chi connectivity index (χ2n) is 3.65. The third-order valence-corrected chi connectivity index (χ3v) is 4.73. The highest BCUT2D eigenvalue weighted by Gasteiger charge is 2.15. The van der Waals surface area contributed by atoms with Crippen LogP contribution in [0.15, 0.2) is 30.7 Å². The van der Waals surface area contributed by atoms with E-state index in [2.05, 4.69) is 36.2 Å². The standard InChI is InChI=1S/C11H5Cl2IN4S/c12-8-4-16-11(13)17-9(8)7-5-18(19-14)10-6(7)2-1-3-15-10/h1-5H. The van der Waals surface area contributed by atoms with E-state index in [0.29, 0.717) is 10.7 Å². The van der Waals surface area contributed by atoms with Gasteiger partial charge in [0.05, 0.1) is 16.9 Å². The highest BCUT2D eigenvalue weighted by Crippen LogP contribution is 2.35. The molecule has 0 saturated heterocycles. The van der Waals surface area contributed by atoms with Crippen LogP contribution in [-0.4, -0.2) is 18.9 Å². The second kappa shape index (κ2) is 5.43. The first-order valence-corrected chi connectivity index (χ1v) is 9.21. The smallest absolute Gasteiger partial charge is 0.222 e. The summed E-state index contributed by atoms with van der Waals surface area (Å²) in [6.07, 6.45) is 5.20. The maximum Gasteiger partial charge on any atom is 0.222 e. The van der Waals surface area contributed by atoms with Crippen molar-refractivity contribution in [3.8, 4) is 11.3 Å². The summed E-state index contributed by atoms with van der Waals surface area (Å²) < 4.78 is 1.96. The van der Waals surface area contributed by atoms with E-state index >= 15 is 0 Å². The van der Waals surface area contributed by atoms with Gasteiger partial charge < -0.3 is 0 Å². The summed E-state index contributed by atoms with van der Waals surface area (Å²) in [6, 6.07) is 3.86. The summed E-state index contributed by atoms with van der Waals surface area (Å²) in [5.74, 6) is 0. The molecule has 3 aromatic heterocycles. The van der Waals surface area contributed by atoms with Crippen LogP contribution >= 0.6 is 53.5 Å². The number of rotatable bonds is 2. The van der Waals surface area contributed by atoms with Crippen molar-refractivity contribution in [2.45, 2.75) is 0 Å². The number of nitrogens with zero attached hydrogens (tertiary/aromatic N) is 4. The Labute approximate surface area is 135 Å². The van der Waals surface area contributed by atoms with Crippen molar-refractivity contribution >= 4 is 64.6 Å². The van der Waals surface area contributed by atoms with Gasteiger partial charge in [-0.1, -0.05) is 11.6 Å². The zero-order valence-corrected chi connectivity index (χ0v) is 13.7. The molecular formula is C11H5Cl2IN4S. The summed E-state index contributed by atoms with van der Waals surface area (Å²) in [4.78, 5) is 12.4. The Morgan fingerprint density at radius 1 is 1.26 bits per heavy atom. The second-order valence-corrected chi connectivity index (χ2v) is 6.11. The molecule has 0 amide bonds. The van der Waals surface area contributed by atoms with E-state index < -0.39 is 0 Å². The minimum Gasteiger partial charge on any atom is -0.265 e. The molecule has 3 heterocycles. The summed E-state index contributed by atoms with van der Waals surface area (Å²) in [6.45, 7) is 0. The van der Waals surface area contributed by atoms with Gasteiger partial charge in [0.1, 0.15) is 0 Å². The van der Waals surface area contributed by atoms with Crippen molar-refractivity contribution in [3.05, 3.63) is 41.0 Å². The van der Waals surface area contributed by atoms with Crippen molar-refractivity contribution in [2.24, 2.45) is 0 Å². The van der Waals surface area contributed by atoms with Crippen molar-refractivity contribution < 1.29 is 0 Å². The number of fused-ring (bicyclic) bond motifs is 1. The fourth-order valence-corrected chi connectivity index (χ4v) is 3.39. The lowest BCUT2D eigenvalue weighted by molar-refractivity contribution is 1.17. The minimum atomic E-state index is 0.173. The molecule has 3 aromatic rings. The Morgan fingerprint density at radius 3 is 2.89 bits per heavy atom. The van der Waals surface area contributed by atoms with E-state index in [1.54, 1.807) is 6.20 Å². The molecule has 0 aliphatic rings. The van der Waals surface area contributed by atoms with E-state index in [1.807, 2.05) is 22.3 Å². The van der Waals surface area contributed by atoms with Gasteiger partial charge in [-0.15, -0.1) is 0 Å². The lowest BCUT2D eigenvalue weighted by Crippen LogP contribution is -1.88. The van der Waals surface area contributed by atoms with E-state index in [4.69, 9.17) is 23.2 Å². The lowest BCUT2D eigenvalue weighted by atomic mass is 10.1. The van der Waals surface area contributed by atoms with Crippen LogP contribution in [0.5, 0.6) is 0 Å². The molecule has 0 radical (unpaired) electrons. The quantitative estimate of drug-likeness (QED) is 0.445. The Balaban J connectivity index is 2.33. The molecule has 0 saturated carbocycles. The summed E-state index contributed by atoms with van der Waals surface area (Å²) in [5, 5.41) is 1.61. The average molecular weight is 423 g/mol. The van der Waals surface area contributed by atoms with E-state index in [0.717, 1.165) is 16.6 Å². The highest BCUT2D eigenvalue weighted by molar-refractivity contribution is 14.2. The van der Waals surface area contributed by atoms with E-state index in [-0.39, 0.29) is 5.28 Å². The van der Waals surface area contributed by atoms with Crippen LogP contribution in [0.1, 0.15) is 0 Å².